The lowest BCUT2D eigenvalue weighted by Crippen LogP contribution is -2.45. The predicted molar refractivity (Wildman–Crippen MR) is 76.5 cm³/mol. The van der Waals surface area contributed by atoms with Crippen molar-refractivity contribution >= 4 is 33.4 Å². The second-order valence-corrected chi connectivity index (χ2v) is 6.46. The number of carbonyl (C=O) groups is 1. The molecule has 0 radical (unpaired) electrons. The summed E-state index contributed by atoms with van der Waals surface area (Å²) in [5.74, 6) is 0.354. The van der Waals surface area contributed by atoms with Gasteiger partial charge in [-0.3, -0.25) is 4.79 Å². The van der Waals surface area contributed by atoms with Crippen molar-refractivity contribution in [1.29, 1.82) is 0 Å². The van der Waals surface area contributed by atoms with E-state index in [9.17, 15) is 4.79 Å². The zero-order valence-electron chi connectivity index (χ0n) is 10.7. The molecule has 1 heterocycles. The van der Waals surface area contributed by atoms with Gasteiger partial charge in [-0.15, -0.1) is 5.10 Å². The van der Waals surface area contributed by atoms with Crippen LogP contribution >= 0.6 is 27.5 Å². The van der Waals surface area contributed by atoms with Gasteiger partial charge < -0.3 is 4.90 Å². The standard InChI is InChI=1S/C12H18BrN3OS/c1-8(2)10-11(18-15-14-10)12(17)16(7-6-13)9-4-3-5-9/h8-9H,3-7H2,1-2H3. The first-order valence-electron chi connectivity index (χ1n) is 6.34. The first-order valence-corrected chi connectivity index (χ1v) is 8.23. The molecule has 0 bridgehead atoms. The average molecular weight is 332 g/mol. The van der Waals surface area contributed by atoms with E-state index in [0.717, 1.165) is 35.3 Å². The highest BCUT2D eigenvalue weighted by Crippen LogP contribution is 2.28. The summed E-state index contributed by atoms with van der Waals surface area (Å²) in [6.45, 7) is 4.86. The Labute approximate surface area is 120 Å². The number of aromatic nitrogens is 2. The fraction of sp³-hybridized carbons (Fsp3) is 0.750. The quantitative estimate of drug-likeness (QED) is 0.779. The van der Waals surface area contributed by atoms with Gasteiger partial charge in [0.15, 0.2) is 0 Å². The van der Waals surface area contributed by atoms with Gasteiger partial charge >= 0.3 is 0 Å². The van der Waals surface area contributed by atoms with Crippen LogP contribution in [0.1, 0.15) is 54.4 Å². The van der Waals surface area contributed by atoms with E-state index in [2.05, 4.69) is 25.5 Å². The summed E-state index contributed by atoms with van der Waals surface area (Å²) in [5, 5.41) is 4.91. The maximum Gasteiger partial charge on any atom is 0.267 e. The number of halogens is 1. The Hall–Kier alpha value is -0.490. The third kappa shape index (κ3) is 2.74. The topological polar surface area (TPSA) is 46.1 Å². The lowest BCUT2D eigenvalue weighted by molar-refractivity contribution is 0.0603. The van der Waals surface area contributed by atoms with E-state index in [1.807, 2.05) is 18.7 Å². The SMILES string of the molecule is CC(C)c1nnsc1C(=O)N(CCBr)C1CCC1. The van der Waals surface area contributed by atoms with Crippen LogP contribution in [0.3, 0.4) is 0 Å². The molecule has 18 heavy (non-hydrogen) atoms. The van der Waals surface area contributed by atoms with Gasteiger partial charge in [-0.05, 0) is 36.7 Å². The molecule has 0 aromatic carbocycles. The van der Waals surface area contributed by atoms with Crippen LogP contribution in [0.25, 0.3) is 0 Å². The van der Waals surface area contributed by atoms with Gasteiger partial charge in [0.2, 0.25) is 0 Å². The van der Waals surface area contributed by atoms with Crippen LogP contribution in [0.2, 0.25) is 0 Å². The highest BCUT2D eigenvalue weighted by atomic mass is 79.9. The molecule has 0 saturated heterocycles. The Balaban J connectivity index is 2.18. The molecule has 2 rings (SSSR count). The number of carbonyl (C=O) groups excluding carboxylic acids is 1. The highest BCUT2D eigenvalue weighted by Gasteiger charge is 2.31. The van der Waals surface area contributed by atoms with Crippen LogP contribution < -0.4 is 0 Å². The zero-order chi connectivity index (χ0) is 13.1. The summed E-state index contributed by atoms with van der Waals surface area (Å²) in [7, 11) is 0. The Kier molecular flexibility index (Phi) is 4.72. The predicted octanol–water partition coefficient (Wildman–Crippen LogP) is 3.05. The largest absolute Gasteiger partial charge is 0.334 e. The molecular formula is C12H18BrN3OS. The minimum atomic E-state index is 0.109. The number of alkyl halides is 1. The number of rotatable bonds is 5. The van der Waals surface area contributed by atoms with Gasteiger partial charge in [0.25, 0.3) is 5.91 Å². The fourth-order valence-corrected chi connectivity index (χ4v) is 3.25. The molecule has 0 N–H and O–H groups in total. The number of amides is 1. The fourth-order valence-electron chi connectivity index (χ4n) is 2.09. The Bertz CT molecular complexity index is 417. The molecule has 1 aromatic rings. The van der Waals surface area contributed by atoms with Crippen molar-refractivity contribution in [3.8, 4) is 0 Å². The second-order valence-electron chi connectivity index (χ2n) is 4.91. The van der Waals surface area contributed by atoms with Gasteiger partial charge in [0.05, 0.1) is 5.69 Å². The van der Waals surface area contributed by atoms with Crippen molar-refractivity contribution in [2.24, 2.45) is 0 Å². The van der Waals surface area contributed by atoms with E-state index in [1.165, 1.54) is 18.0 Å². The number of hydrogen-bond acceptors (Lipinski definition) is 4. The Morgan fingerprint density at radius 1 is 1.56 bits per heavy atom. The molecule has 1 fully saturated rings. The summed E-state index contributed by atoms with van der Waals surface area (Å²) in [6.07, 6.45) is 3.48. The van der Waals surface area contributed by atoms with E-state index < -0.39 is 0 Å². The van der Waals surface area contributed by atoms with Crippen LogP contribution in [0, 0.1) is 0 Å². The summed E-state index contributed by atoms with van der Waals surface area (Å²) < 4.78 is 3.94. The minimum absolute atomic E-state index is 0.109. The van der Waals surface area contributed by atoms with Crippen LogP contribution in [-0.2, 0) is 0 Å². The van der Waals surface area contributed by atoms with Gasteiger partial charge in [-0.25, -0.2) is 0 Å². The first kappa shape index (κ1) is 13.9. The number of nitrogens with zero attached hydrogens (tertiary/aromatic N) is 3. The molecule has 0 aliphatic heterocycles. The maximum atomic E-state index is 12.6. The normalized spacial score (nSPS) is 15.8. The van der Waals surface area contributed by atoms with Gasteiger partial charge in [-0.2, -0.15) is 0 Å². The van der Waals surface area contributed by atoms with Gasteiger partial charge in [0, 0.05) is 17.9 Å². The Morgan fingerprint density at radius 2 is 2.28 bits per heavy atom. The lowest BCUT2D eigenvalue weighted by Gasteiger charge is -2.37. The van der Waals surface area contributed by atoms with Crippen molar-refractivity contribution in [2.45, 2.75) is 45.1 Å². The molecule has 0 unspecified atom stereocenters. The lowest BCUT2D eigenvalue weighted by atomic mass is 9.91. The molecule has 6 heteroatoms. The van der Waals surface area contributed by atoms with Crippen LogP contribution in [-0.4, -0.2) is 38.3 Å². The minimum Gasteiger partial charge on any atom is -0.334 e. The zero-order valence-corrected chi connectivity index (χ0v) is 13.1. The van der Waals surface area contributed by atoms with E-state index in [4.69, 9.17) is 0 Å². The van der Waals surface area contributed by atoms with E-state index >= 15 is 0 Å². The molecule has 1 amide bonds. The Morgan fingerprint density at radius 3 is 2.78 bits per heavy atom. The third-order valence-corrected chi connectivity index (χ3v) is 4.44. The molecule has 1 aliphatic rings. The van der Waals surface area contributed by atoms with E-state index in [0.29, 0.717) is 6.04 Å². The molecule has 1 aliphatic carbocycles. The maximum absolute atomic E-state index is 12.6. The van der Waals surface area contributed by atoms with Crippen molar-refractivity contribution < 1.29 is 4.79 Å². The van der Waals surface area contributed by atoms with Gasteiger partial charge in [-0.1, -0.05) is 34.3 Å². The third-order valence-electron chi connectivity index (χ3n) is 3.36. The van der Waals surface area contributed by atoms with Crippen molar-refractivity contribution in [1.82, 2.24) is 14.5 Å². The van der Waals surface area contributed by atoms with Crippen molar-refractivity contribution in [3.05, 3.63) is 10.6 Å². The van der Waals surface area contributed by atoms with Gasteiger partial charge in [0.1, 0.15) is 4.88 Å². The highest BCUT2D eigenvalue weighted by molar-refractivity contribution is 9.09. The summed E-state index contributed by atoms with van der Waals surface area (Å²) >= 11 is 4.65. The molecule has 0 spiro atoms. The van der Waals surface area contributed by atoms with Crippen LogP contribution in [0.5, 0.6) is 0 Å². The molecule has 0 atom stereocenters. The second kappa shape index (κ2) is 6.10. The van der Waals surface area contributed by atoms with E-state index in [-0.39, 0.29) is 11.8 Å². The molecule has 4 nitrogen and oxygen atoms in total. The van der Waals surface area contributed by atoms with Crippen molar-refractivity contribution in [2.75, 3.05) is 11.9 Å². The van der Waals surface area contributed by atoms with Crippen LogP contribution in [0.15, 0.2) is 0 Å². The summed E-state index contributed by atoms with van der Waals surface area (Å²) in [4.78, 5) is 15.3. The molecule has 1 aromatic heterocycles. The smallest absolute Gasteiger partial charge is 0.267 e. The molecule has 1 saturated carbocycles. The number of hydrogen-bond donors (Lipinski definition) is 0. The molecular weight excluding hydrogens is 314 g/mol. The molecule has 100 valence electrons. The first-order chi connectivity index (χ1) is 8.65. The average Bonchev–Trinajstić information content (AvgIpc) is 2.74. The van der Waals surface area contributed by atoms with E-state index in [1.54, 1.807) is 0 Å². The van der Waals surface area contributed by atoms with Crippen LogP contribution in [0.4, 0.5) is 0 Å². The monoisotopic (exact) mass is 331 g/mol. The summed E-state index contributed by atoms with van der Waals surface area (Å²) in [5.41, 5.74) is 0.837. The van der Waals surface area contributed by atoms with Crippen molar-refractivity contribution in [3.63, 3.8) is 0 Å². The summed E-state index contributed by atoms with van der Waals surface area (Å²) in [6, 6.07) is 0.414.